The van der Waals surface area contributed by atoms with E-state index < -0.39 is 11.9 Å². The Bertz CT molecular complexity index is 728. The molecule has 0 N–H and O–H groups in total. The number of amides is 1. The first-order valence-corrected chi connectivity index (χ1v) is 9.27. The molecule has 1 heterocycles. The first-order valence-electron chi connectivity index (χ1n) is 8.29. The van der Waals surface area contributed by atoms with E-state index in [0.29, 0.717) is 35.9 Å². The molecule has 2 rings (SSSR count). The molecular formula is C19H21NO6S. The standard InChI is InChI=1S/C19H21NO6S/c1-3-10-25-15-7-5-14(6-8-15)19(23)26-11-4-9-20-16(21)13-27-17(20)12-18(22)24-2/h3,5-8,12H,1,4,9-11,13H2,2H3/b17-12+. The van der Waals surface area contributed by atoms with Gasteiger partial charge in [-0.15, -0.1) is 0 Å². The number of hydrogen-bond acceptors (Lipinski definition) is 7. The lowest BCUT2D eigenvalue weighted by Gasteiger charge is -2.16. The molecule has 144 valence electrons. The quantitative estimate of drug-likeness (QED) is 0.277. The van der Waals surface area contributed by atoms with Gasteiger partial charge in [-0.2, -0.15) is 0 Å². The SMILES string of the molecule is C=CCOc1ccc(C(=O)OCCCN2C(=O)CS/C2=C/C(=O)OC)cc1. The zero-order valence-corrected chi connectivity index (χ0v) is 15.8. The van der Waals surface area contributed by atoms with Gasteiger partial charge in [-0.3, -0.25) is 4.79 Å². The molecule has 1 saturated heterocycles. The van der Waals surface area contributed by atoms with Crippen LogP contribution in [0.15, 0.2) is 48.0 Å². The van der Waals surface area contributed by atoms with Gasteiger partial charge in [0, 0.05) is 6.54 Å². The molecule has 0 radical (unpaired) electrons. The minimum Gasteiger partial charge on any atom is -0.490 e. The van der Waals surface area contributed by atoms with E-state index in [1.54, 1.807) is 30.3 Å². The summed E-state index contributed by atoms with van der Waals surface area (Å²) >= 11 is 1.28. The topological polar surface area (TPSA) is 82.1 Å². The molecule has 1 aliphatic rings. The Kier molecular flexibility index (Phi) is 7.94. The summed E-state index contributed by atoms with van der Waals surface area (Å²) < 4.78 is 15.2. The van der Waals surface area contributed by atoms with E-state index in [4.69, 9.17) is 9.47 Å². The second-order valence-electron chi connectivity index (χ2n) is 5.45. The van der Waals surface area contributed by atoms with Gasteiger partial charge in [0.2, 0.25) is 5.91 Å². The van der Waals surface area contributed by atoms with Crippen molar-refractivity contribution in [1.82, 2.24) is 4.90 Å². The normalized spacial score (nSPS) is 14.9. The van der Waals surface area contributed by atoms with E-state index in [2.05, 4.69) is 11.3 Å². The van der Waals surface area contributed by atoms with Crippen LogP contribution in [0.2, 0.25) is 0 Å². The Morgan fingerprint density at radius 1 is 1.30 bits per heavy atom. The lowest BCUT2D eigenvalue weighted by atomic mass is 10.2. The summed E-state index contributed by atoms with van der Waals surface area (Å²) in [6.07, 6.45) is 3.38. The Labute approximate surface area is 161 Å². The molecule has 0 bridgehead atoms. The Balaban J connectivity index is 1.79. The molecule has 0 aliphatic carbocycles. The van der Waals surface area contributed by atoms with E-state index in [1.165, 1.54) is 29.8 Å². The Morgan fingerprint density at radius 3 is 2.70 bits per heavy atom. The van der Waals surface area contributed by atoms with Crippen molar-refractivity contribution in [3.05, 3.63) is 53.6 Å². The van der Waals surface area contributed by atoms with Gasteiger partial charge in [0.25, 0.3) is 0 Å². The highest BCUT2D eigenvalue weighted by Gasteiger charge is 2.27. The van der Waals surface area contributed by atoms with E-state index in [0.717, 1.165) is 0 Å². The van der Waals surface area contributed by atoms with Crippen LogP contribution in [0.1, 0.15) is 16.8 Å². The number of rotatable bonds is 9. The molecule has 1 aromatic rings. The van der Waals surface area contributed by atoms with Crippen LogP contribution in [0.3, 0.4) is 0 Å². The minimum atomic E-state index is -0.510. The van der Waals surface area contributed by atoms with Gasteiger partial charge in [0.1, 0.15) is 12.4 Å². The molecule has 0 unspecified atom stereocenters. The number of methoxy groups -OCH3 is 1. The summed E-state index contributed by atoms with van der Waals surface area (Å²) in [5.74, 6) is -0.122. The summed E-state index contributed by atoms with van der Waals surface area (Å²) in [6, 6.07) is 6.62. The van der Waals surface area contributed by atoms with Crippen molar-refractivity contribution in [2.75, 3.05) is 32.6 Å². The van der Waals surface area contributed by atoms with Crippen LogP contribution in [-0.4, -0.2) is 55.4 Å². The molecule has 0 saturated carbocycles. The van der Waals surface area contributed by atoms with Gasteiger partial charge in [0.15, 0.2) is 0 Å². The molecule has 7 nitrogen and oxygen atoms in total. The largest absolute Gasteiger partial charge is 0.490 e. The van der Waals surface area contributed by atoms with Crippen LogP contribution in [0.4, 0.5) is 0 Å². The first-order chi connectivity index (χ1) is 13.0. The van der Waals surface area contributed by atoms with Gasteiger partial charge in [-0.05, 0) is 30.7 Å². The second-order valence-corrected chi connectivity index (χ2v) is 6.45. The Morgan fingerprint density at radius 2 is 2.04 bits per heavy atom. The van der Waals surface area contributed by atoms with Crippen LogP contribution in [-0.2, 0) is 19.1 Å². The number of nitrogens with zero attached hydrogens (tertiary/aromatic N) is 1. The summed E-state index contributed by atoms with van der Waals surface area (Å²) in [6.45, 7) is 4.48. The highest BCUT2D eigenvalue weighted by molar-refractivity contribution is 8.04. The number of ether oxygens (including phenoxy) is 3. The summed E-state index contributed by atoms with van der Waals surface area (Å²) in [7, 11) is 1.28. The van der Waals surface area contributed by atoms with Crippen molar-refractivity contribution in [1.29, 1.82) is 0 Å². The second kappa shape index (κ2) is 10.4. The number of carbonyl (C=O) groups excluding carboxylic acids is 3. The van der Waals surface area contributed by atoms with Crippen molar-refractivity contribution in [3.8, 4) is 5.75 Å². The van der Waals surface area contributed by atoms with E-state index >= 15 is 0 Å². The summed E-state index contributed by atoms with van der Waals surface area (Å²) in [5, 5.41) is 0.549. The first kappa shape index (κ1) is 20.6. The predicted octanol–water partition coefficient (Wildman–Crippen LogP) is 2.39. The molecule has 27 heavy (non-hydrogen) atoms. The van der Waals surface area contributed by atoms with Crippen LogP contribution < -0.4 is 4.74 Å². The van der Waals surface area contributed by atoms with Crippen molar-refractivity contribution in [3.63, 3.8) is 0 Å². The number of esters is 2. The van der Waals surface area contributed by atoms with Gasteiger partial charge in [-0.1, -0.05) is 24.4 Å². The maximum atomic E-state index is 12.0. The molecule has 1 fully saturated rings. The van der Waals surface area contributed by atoms with E-state index in [-0.39, 0.29) is 18.3 Å². The molecule has 1 amide bonds. The number of hydrogen-bond donors (Lipinski definition) is 0. The van der Waals surface area contributed by atoms with Crippen LogP contribution in [0.25, 0.3) is 0 Å². The monoisotopic (exact) mass is 391 g/mol. The molecule has 1 aliphatic heterocycles. The number of benzene rings is 1. The van der Waals surface area contributed by atoms with Crippen molar-refractivity contribution in [2.45, 2.75) is 6.42 Å². The smallest absolute Gasteiger partial charge is 0.338 e. The maximum absolute atomic E-state index is 12.0. The average Bonchev–Trinajstić information content (AvgIpc) is 3.03. The number of thioether (sulfide) groups is 1. The zero-order valence-electron chi connectivity index (χ0n) is 15.0. The third-order valence-corrected chi connectivity index (χ3v) is 4.60. The molecule has 0 atom stereocenters. The van der Waals surface area contributed by atoms with Crippen LogP contribution >= 0.6 is 11.8 Å². The number of carbonyl (C=O) groups is 3. The fourth-order valence-electron chi connectivity index (χ4n) is 2.24. The average molecular weight is 391 g/mol. The summed E-state index contributed by atoms with van der Waals surface area (Å²) in [5.41, 5.74) is 0.417. The third-order valence-electron chi connectivity index (χ3n) is 3.57. The molecule has 1 aromatic carbocycles. The van der Waals surface area contributed by atoms with Crippen LogP contribution in [0.5, 0.6) is 5.75 Å². The van der Waals surface area contributed by atoms with Crippen molar-refractivity contribution in [2.24, 2.45) is 0 Å². The molecular weight excluding hydrogens is 370 g/mol. The van der Waals surface area contributed by atoms with Crippen molar-refractivity contribution < 1.29 is 28.6 Å². The molecule has 8 heteroatoms. The van der Waals surface area contributed by atoms with E-state index in [1.807, 2.05) is 0 Å². The maximum Gasteiger partial charge on any atom is 0.338 e. The van der Waals surface area contributed by atoms with E-state index in [9.17, 15) is 14.4 Å². The fraction of sp³-hybridized carbons (Fsp3) is 0.316. The highest BCUT2D eigenvalue weighted by Crippen LogP contribution is 2.28. The van der Waals surface area contributed by atoms with Crippen molar-refractivity contribution >= 4 is 29.6 Å². The lowest BCUT2D eigenvalue weighted by Crippen LogP contribution is -2.27. The predicted molar refractivity (Wildman–Crippen MR) is 101 cm³/mol. The summed E-state index contributed by atoms with van der Waals surface area (Å²) in [4.78, 5) is 36.8. The lowest BCUT2D eigenvalue weighted by molar-refractivity contribution is -0.134. The molecule has 0 aromatic heterocycles. The van der Waals surface area contributed by atoms with Gasteiger partial charge >= 0.3 is 11.9 Å². The minimum absolute atomic E-state index is 0.0865. The highest BCUT2D eigenvalue weighted by atomic mass is 32.2. The van der Waals surface area contributed by atoms with Gasteiger partial charge in [0.05, 0.1) is 36.1 Å². The van der Waals surface area contributed by atoms with Gasteiger partial charge < -0.3 is 19.1 Å². The Hall–Kier alpha value is -2.74. The fourth-order valence-corrected chi connectivity index (χ4v) is 3.20. The third kappa shape index (κ3) is 6.18. The zero-order chi connectivity index (χ0) is 19.6. The van der Waals surface area contributed by atoms with Gasteiger partial charge in [-0.25, -0.2) is 9.59 Å². The van der Waals surface area contributed by atoms with Crippen LogP contribution in [0, 0.1) is 0 Å². The molecule has 0 spiro atoms.